The zero-order chi connectivity index (χ0) is 18.5. The Morgan fingerprint density at radius 2 is 2.08 bits per heavy atom. The van der Waals surface area contributed by atoms with Crippen molar-refractivity contribution in [2.75, 3.05) is 11.9 Å². The molecule has 0 amide bonds. The van der Waals surface area contributed by atoms with Crippen LogP contribution in [0.2, 0.25) is 0 Å². The first-order valence-electron chi connectivity index (χ1n) is 9.01. The molecule has 2 aromatic carbocycles. The third-order valence-electron chi connectivity index (χ3n) is 4.67. The van der Waals surface area contributed by atoms with E-state index in [-0.39, 0.29) is 12.0 Å². The van der Waals surface area contributed by atoms with Crippen LogP contribution >= 0.6 is 12.2 Å². The lowest BCUT2D eigenvalue weighted by molar-refractivity contribution is 0.0526. The van der Waals surface area contributed by atoms with E-state index in [1.54, 1.807) is 19.1 Å². The van der Waals surface area contributed by atoms with Gasteiger partial charge >= 0.3 is 5.97 Å². The molecule has 0 unspecified atom stereocenters. The van der Waals surface area contributed by atoms with E-state index < -0.39 is 0 Å². The van der Waals surface area contributed by atoms with Crippen molar-refractivity contribution >= 4 is 29.0 Å². The second-order valence-electron chi connectivity index (χ2n) is 6.49. The van der Waals surface area contributed by atoms with Gasteiger partial charge in [-0.05, 0) is 74.2 Å². The summed E-state index contributed by atoms with van der Waals surface area (Å²) in [6.07, 6.45) is 3.32. The number of nitrogens with one attached hydrogen (secondary N) is 2. The van der Waals surface area contributed by atoms with E-state index >= 15 is 0 Å². The molecule has 0 saturated carbocycles. The molecule has 1 aliphatic carbocycles. The van der Waals surface area contributed by atoms with E-state index in [2.05, 4.69) is 34.9 Å². The predicted molar refractivity (Wildman–Crippen MR) is 109 cm³/mol. The number of hydrogen-bond donors (Lipinski definition) is 2. The van der Waals surface area contributed by atoms with Gasteiger partial charge in [0, 0.05) is 5.69 Å². The maximum absolute atomic E-state index is 11.9. The van der Waals surface area contributed by atoms with Crippen LogP contribution in [0.3, 0.4) is 0 Å². The van der Waals surface area contributed by atoms with Crippen molar-refractivity contribution in [3.8, 4) is 0 Å². The molecule has 3 rings (SSSR count). The Hall–Kier alpha value is -2.40. The Kier molecular flexibility index (Phi) is 5.89. The number of aryl methyl sites for hydroxylation is 2. The van der Waals surface area contributed by atoms with Crippen LogP contribution in [-0.4, -0.2) is 17.7 Å². The summed E-state index contributed by atoms with van der Waals surface area (Å²) in [5, 5.41) is 7.23. The Labute approximate surface area is 160 Å². The first-order chi connectivity index (χ1) is 12.6. The van der Waals surface area contributed by atoms with Crippen LogP contribution in [0.25, 0.3) is 0 Å². The topological polar surface area (TPSA) is 50.4 Å². The lowest BCUT2D eigenvalue weighted by Gasteiger charge is -2.27. The summed E-state index contributed by atoms with van der Waals surface area (Å²) >= 11 is 5.53. The second-order valence-corrected chi connectivity index (χ2v) is 6.90. The van der Waals surface area contributed by atoms with Gasteiger partial charge in [0.05, 0.1) is 18.2 Å². The smallest absolute Gasteiger partial charge is 0.338 e. The number of rotatable bonds is 4. The molecule has 0 heterocycles. The molecule has 0 fully saturated rings. The summed E-state index contributed by atoms with van der Waals surface area (Å²) in [6, 6.07) is 14.2. The Balaban J connectivity index is 1.71. The maximum atomic E-state index is 11.9. The molecule has 136 valence electrons. The number of carbonyl (C=O) groups excluding carboxylic acids is 1. The summed E-state index contributed by atoms with van der Waals surface area (Å²) in [5.41, 5.74) is 5.06. The van der Waals surface area contributed by atoms with Gasteiger partial charge in [-0.15, -0.1) is 0 Å². The molecule has 1 atom stereocenters. The highest BCUT2D eigenvalue weighted by Gasteiger charge is 2.20. The number of thiocarbonyl (C=S) groups is 1. The standard InChI is InChI=1S/C21H24N2O2S/c1-3-25-20(24)16-12-11-14(2)19(13-16)23-21(26)22-18-10-6-8-15-7-4-5-9-17(15)18/h4-5,7,9,11-13,18H,3,6,8,10H2,1-2H3,(H2,22,23,26)/t18-/m0/s1. The van der Waals surface area contributed by atoms with Crippen molar-refractivity contribution in [2.45, 2.75) is 39.2 Å². The van der Waals surface area contributed by atoms with E-state index in [9.17, 15) is 4.79 Å². The maximum Gasteiger partial charge on any atom is 0.338 e. The predicted octanol–water partition coefficient (Wildman–Crippen LogP) is 4.54. The fraction of sp³-hybridized carbons (Fsp3) is 0.333. The minimum atomic E-state index is -0.323. The molecular weight excluding hydrogens is 344 g/mol. The summed E-state index contributed by atoms with van der Waals surface area (Å²) in [4.78, 5) is 11.9. The highest BCUT2D eigenvalue weighted by molar-refractivity contribution is 7.80. The number of anilines is 1. The Morgan fingerprint density at radius 1 is 1.27 bits per heavy atom. The van der Waals surface area contributed by atoms with E-state index in [1.807, 2.05) is 13.0 Å². The minimum Gasteiger partial charge on any atom is -0.462 e. The van der Waals surface area contributed by atoms with Crippen LogP contribution in [0.15, 0.2) is 42.5 Å². The molecule has 0 radical (unpaired) electrons. The van der Waals surface area contributed by atoms with Gasteiger partial charge in [0.25, 0.3) is 0 Å². The highest BCUT2D eigenvalue weighted by atomic mass is 32.1. The molecule has 0 spiro atoms. The van der Waals surface area contributed by atoms with Crippen LogP contribution in [0.4, 0.5) is 5.69 Å². The average molecular weight is 369 g/mol. The normalized spacial score (nSPS) is 15.7. The quantitative estimate of drug-likeness (QED) is 0.613. The molecule has 2 N–H and O–H groups in total. The highest BCUT2D eigenvalue weighted by Crippen LogP contribution is 2.29. The summed E-state index contributed by atoms with van der Waals surface area (Å²) in [5.74, 6) is -0.323. The average Bonchev–Trinajstić information content (AvgIpc) is 2.64. The number of fused-ring (bicyclic) bond motifs is 1. The molecule has 0 saturated heterocycles. The zero-order valence-electron chi connectivity index (χ0n) is 15.2. The number of ether oxygens (including phenoxy) is 1. The van der Waals surface area contributed by atoms with Crippen molar-refractivity contribution in [2.24, 2.45) is 0 Å². The Morgan fingerprint density at radius 3 is 2.88 bits per heavy atom. The SMILES string of the molecule is CCOC(=O)c1ccc(C)c(NC(=S)N[C@H]2CCCc3ccccc32)c1. The largest absolute Gasteiger partial charge is 0.462 e. The van der Waals surface area contributed by atoms with Gasteiger partial charge in [-0.3, -0.25) is 0 Å². The van der Waals surface area contributed by atoms with E-state index in [0.717, 1.165) is 30.5 Å². The fourth-order valence-corrected chi connectivity index (χ4v) is 3.57. The van der Waals surface area contributed by atoms with Gasteiger partial charge < -0.3 is 15.4 Å². The van der Waals surface area contributed by atoms with Gasteiger partial charge in [-0.2, -0.15) is 0 Å². The monoisotopic (exact) mass is 368 g/mol. The van der Waals surface area contributed by atoms with E-state index in [1.165, 1.54) is 11.1 Å². The molecule has 0 aliphatic heterocycles. The van der Waals surface area contributed by atoms with Gasteiger partial charge in [-0.1, -0.05) is 30.3 Å². The summed E-state index contributed by atoms with van der Waals surface area (Å²) < 4.78 is 5.07. The summed E-state index contributed by atoms with van der Waals surface area (Å²) in [6.45, 7) is 4.14. The van der Waals surface area contributed by atoms with Crippen molar-refractivity contribution in [1.29, 1.82) is 0 Å². The minimum absolute atomic E-state index is 0.216. The summed E-state index contributed by atoms with van der Waals surface area (Å²) in [7, 11) is 0. The molecule has 26 heavy (non-hydrogen) atoms. The van der Waals surface area contributed by atoms with Crippen LogP contribution in [0.1, 0.15) is 52.9 Å². The van der Waals surface area contributed by atoms with Crippen LogP contribution in [-0.2, 0) is 11.2 Å². The van der Waals surface area contributed by atoms with Crippen molar-refractivity contribution in [3.63, 3.8) is 0 Å². The second kappa shape index (κ2) is 8.32. The van der Waals surface area contributed by atoms with Gasteiger partial charge in [0.15, 0.2) is 5.11 Å². The molecule has 1 aliphatic rings. The van der Waals surface area contributed by atoms with Crippen molar-refractivity contribution < 1.29 is 9.53 Å². The van der Waals surface area contributed by atoms with E-state index in [0.29, 0.717) is 17.3 Å². The third-order valence-corrected chi connectivity index (χ3v) is 4.89. The zero-order valence-corrected chi connectivity index (χ0v) is 16.0. The number of carbonyl (C=O) groups is 1. The fourth-order valence-electron chi connectivity index (χ4n) is 3.32. The lowest BCUT2D eigenvalue weighted by Crippen LogP contribution is -2.34. The van der Waals surface area contributed by atoms with Gasteiger partial charge in [-0.25, -0.2) is 4.79 Å². The number of benzene rings is 2. The van der Waals surface area contributed by atoms with Gasteiger partial charge in [0.1, 0.15) is 0 Å². The van der Waals surface area contributed by atoms with Crippen molar-refractivity contribution in [1.82, 2.24) is 5.32 Å². The third kappa shape index (κ3) is 4.22. The van der Waals surface area contributed by atoms with Gasteiger partial charge in [0.2, 0.25) is 0 Å². The molecule has 5 heteroatoms. The molecule has 4 nitrogen and oxygen atoms in total. The molecule has 0 bridgehead atoms. The first kappa shape index (κ1) is 18.4. The van der Waals surface area contributed by atoms with Crippen LogP contribution in [0.5, 0.6) is 0 Å². The number of hydrogen-bond acceptors (Lipinski definition) is 3. The molecule has 2 aromatic rings. The van der Waals surface area contributed by atoms with Crippen LogP contribution < -0.4 is 10.6 Å². The molecule has 0 aromatic heterocycles. The molecular formula is C21H24N2O2S. The van der Waals surface area contributed by atoms with Crippen molar-refractivity contribution in [3.05, 3.63) is 64.7 Å². The number of esters is 1. The lowest BCUT2D eigenvalue weighted by atomic mass is 9.88. The van der Waals surface area contributed by atoms with Crippen LogP contribution in [0, 0.1) is 6.92 Å². The van der Waals surface area contributed by atoms with E-state index in [4.69, 9.17) is 17.0 Å². The first-order valence-corrected chi connectivity index (χ1v) is 9.42. The Bertz CT molecular complexity index is 819.